The zero-order valence-electron chi connectivity index (χ0n) is 13.7. The Morgan fingerprint density at radius 3 is 2.40 bits per heavy atom. The van der Waals surface area contributed by atoms with Gasteiger partial charge in [-0.2, -0.15) is 0 Å². The van der Waals surface area contributed by atoms with Crippen LogP contribution in [0.2, 0.25) is 5.02 Å². The molecule has 0 spiro atoms. The fourth-order valence-electron chi connectivity index (χ4n) is 2.44. The van der Waals surface area contributed by atoms with Gasteiger partial charge in [0.1, 0.15) is 6.04 Å². The first-order valence-electron chi connectivity index (χ1n) is 7.53. The Bertz CT molecular complexity index is 856. The van der Waals surface area contributed by atoms with Crippen LogP contribution < -0.4 is 9.62 Å². The van der Waals surface area contributed by atoms with Gasteiger partial charge < -0.3 is 5.32 Å². The molecule has 0 aliphatic rings. The predicted molar refractivity (Wildman–Crippen MR) is 106 cm³/mol. The van der Waals surface area contributed by atoms with Crippen molar-refractivity contribution in [3.8, 4) is 0 Å². The van der Waals surface area contributed by atoms with Crippen molar-refractivity contribution in [3.05, 3.63) is 58.0 Å². The van der Waals surface area contributed by atoms with Gasteiger partial charge in [0.05, 0.1) is 11.9 Å². The third-order valence-corrected chi connectivity index (χ3v) is 5.43. The number of carbonyl (C=O) groups excluding carboxylic acids is 1. The number of sulfonamides is 1. The van der Waals surface area contributed by atoms with E-state index >= 15 is 0 Å². The van der Waals surface area contributed by atoms with Crippen molar-refractivity contribution in [1.29, 1.82) is 0 Å². The number of nitrogens with one attached hydrogen (secondary N) is 1. The van der Waals surface area contributed by atoms with Crippen LogP contribution in [0.1, 0.15) is 13.3 Å². The van der Waals surface area contributed by atoms with Crippen molar-refractivity contribution in [2.45, 2.75) is 19.4 Å². The summed E-state index contributed by atoms with van der Waals surface area (Å²) in [6.45, 7) is 1.76. The first-order valence-corrected chi connectivity index (χ1v) is 10.6. The zero-order chi connectivity index (χ0) is 18.6. The normalized spacial score (nSPS) is 12.5. The largest absolute Gasteiger partial charge is 0.324 e. The predicted octanol–water partition coefficient (Wildman–Crippen LogP) is 4.29. The molecule has 0 aliphatic carbocycles. The summed E-state index contributed by atoms with van der Waals surface area (Å²) < 4.78 is 26.6. The van der Waals surface area contributed by atoms with E-state index in [1.54, 1.807) is 49.4 Å². The average molecular weight is 446 g/mol. The molecular formula is C17H18BrClN2O3S. The monoisotopic (exact) mass is 444 g/mol. The van der Waals surface area contributed by atoms with Gasteiger partial charge in [-0.1, -0.05) is 40.5 Å². The van der Waals surface area contributed by atoms with Gasteiger partial charge in [0.25, 0.3) is 0 Å². The van der Waals surface area contributed by atoms with Crippen molar-refractivity contribution < 1.29 is 13.2 Å². The maximum atomic E-state index is 12.7. The molecule has 0 bridgehead atoms. The first-order chi connectivity index (χ1) is 11.7. The number of benzene rings is 2. The summed E-state index contributed by atoms with van der Waals surface area (Å²) in [5.74, 6) is -0.402. The molecule has 1 amide bonds. The summed E-state index contributed by atoms with van der Waals surface area (Å²) in [5, 5.41) is 3.26. The molecule has 0 unspecified atom stereocenters. The first kappa shape index (κ1) is 19.8. The van der Waals surface area contributed by atoms with Crippen molar-refractivity contribution in [1.82, 2.24) is 0 Å². The molecule has 2 rings (SSSR count). The molecule has 0 aromatic heterocycles. The Kier molecular flexibility index (Phi) is 6.48. The van der Waals surface area contributed by atoms with Crippen molar-refractivity contribution >= 4 is 54.8 Å². The van der Waals surface area contributed by atoms with Crippen molar-refractivity contribution in [2.75, 3.05) is 15.9 Å². The highest BCUT2D eigenvalue weighted by atomic mass is 79.9. The molecule has 1 atom stereocenters. The van der Waals surface area contributed by atoms with Gasteiger partial charge in [-0.15, -0.1) is 0 Å². The van der Waals surface area contributed by atoms with E-state index in [-0.39, 0.29) is 0 Å². The Labute approximate surface area is 161 Å². The number of rotatable bonds is 6. The topological polar surface area (TPSA) is 66.5 Å². The highest BCUT2D eigenvalue weighted by Gasteiger charge is 2.31. The SMILES string of the molecule is CC[C@@H](C(=O)Nc1cccc(Br)c1)N(c1ccc(Cl)cc1)S(C)(=O)=O. The van der Waals surface area contributed by atoms with Crippen LogP contribution in [0.4, 0.5) is 11.4 Å². The summed E-state index contributed by atoms with van der Waals surface area (Å²) in [7, 11) is -3.67. The van der Waals surface area contributed by atoms with Crippen LogP contribution in [0.5, 0.6) is 0 Å². The second kappa shape index (κ2) is 8.21. The summed E-state index contributed by atoms with van der Waals surface area (Å²) in [4.78, 5) is 12.7. The second-order valence-corrected chi connectivity index (χ2v) is 8.67. The highest BCUT2D eigenvalue weighted by Crippen LogP contribution is 2.25. The fraction of sp³-hybridized carbons (Fsp3) is 0.235. The van der Waals surface area contributed by atoms with E-state index in [0.717, 1.165) is 15.0 Å². The molecule has 1 N–H and O–H groups in total. The van der Waals surface area contributed by atoms with Gasteiger partial charge in [0.2, 0.25) is 15.9 Å². The molecule has 134 valence electrons. The molecule has 0 aliphatic heterocycles. The molecule has 0 radical (unpaired) electrons. The zero-order valence-corrected chi connectivity index (χ0v) is 16.9. The van der Waals surface area contributed by atoms with Crippen LogP contribution in [0.15, 0.2) is 53.0 Å². The molecule has 8 heteroatoms. The van der Waals surface area contributed by atoms with Crippen molar-refractivity contribution in [3.63, 3.8) is 0 Å². The third kappa shape index (κ3) is 5.20. The van der Waals surface area contributed by atoms with E-state index in [1.165, 1.54) is 0 Å². The van der Waals surface area contributed by atoms with E-state index in [9.17, 15) is 13.2 Å². The van der Waals surface area contributed by atoms with Crippen LogP contribution in [0.3, 0.4) is 0 Å². The maximum absolute atomic E-state index is 12.7. The summed E-state index contributed by atoms with van der Waals surface area (Å²) in [5.41, 5.74) is 0.977. The lowest BCUT2D eigenvalue weighted by molar-refractivity contribution is -0.117. The van der Waals surface area contributed by atoms with Crippen LogP contribution >= 0.6 is 27.5 Å². The molecule has 2 aromatic carbocycles. The Morgan fingerprint density at radius 1 is 1.24 bits per heavy atom. The maximum Gasteiger partial charge on any atom is 0.248 e. The minimum absolute atomic E-state index is 0.315. The van der Waals surface area contributed by atoms with Gasteiger partial charge in [0, 0.05) is 15.2 Å². The average Bonchev–Trinajstić information content (AvgIpc) is 2.52. The summed E-state index contributed by atoms with van der Waals surface area (Å²) in [6.07, 6.45) is 1.40. The van der Waals surface area contributed by atoms with Gasteiger partial charge in [-0.05, 0) is 48.9 Å². The fourth-order valence-corrected chi connectivity index (χ4v) is 4.18. The molecule has 0 heterocycles. The molecular weight excluding hydrogens is 428 g/mol. The lowest BCUT2D eigenvalue weighted by atomic mass is 10.2. The van der Waals surface area contributed by atoms with E-state index in [1.807, 2.05) is 6.07 Å². The van der Waals surface area contributed by atoms with Gasteiger partial charge in [-0.3, -0.25) is 9.10 Å². The van der Waals surface area contributed by atoms with Crippen LogP contribution in [-0.2, 0) is 14.8 Å². The van der Waals surface area contributed by atoms with Crippen LogP contribution in [-0.4, -0.2) is 26.6 Å². The highest BCUT2D eigenvalue weighted by molar-refractivity contribution is 9.10. The third-order valence-electron chi connectivity index (χ3n) is 3.50. The molecule has 5 nitrogen and oxygen atoms in total. The minimum atomic E-state index is -3.67. The molecule has 0 saturated heterocycles. The van der Waals surface area contributed by atoms with E-state index in [2.05, 4.69) is 21.2 Å². The van der Waals surface area contributed by atoms with Crippen molar-refractivity contribution in [2.24, 2.45) is 0 Å². The van der Waals surface area contributed by atoms with Gasteiger partial charge in [-0.25, -0.2) is 8.42 Å². The standard InChI is InChI=1S/C17H18BrClN2O3S/c1-3-16(17(22)20-14-6-4-5-12(18)11-14)21(25(2,23)24)15-9-7-13(19)8-10-15/h4-11,16H,3H2,1-2H3,(H,20,22)/t16-/m0/s1. The number of hydrogen-bond acceptors (Lipinski definition) is 3. The Balaban J connectivity index is 2.36. The molecule has 2 aromatic rings. The van der Waals surface area contributed by atoms with Gasteiger partial charge in [0.15, 0.2) is 0 Å². The lowest BCUT2D eigenvalue weighted by Crippen LogP contribution is -2.46. The lowest BCUT2D eigenvalue weighted by Gasteiger charge is -2.30. The number of carbonyl (C=O) groups is 1. The number of anilines is 2. The smallest absolute Gasteiger partial charge is 0.248 e. The quantitative estimate of drug-likeness (QED) is 0.721. The summed E-state index contributed by atoms with van der Waals surface area (Å²) >= 11 is 9.22. The minimum Gasteiger partial charge on any atom is -0.324 e. The summed E-state index contributed by atoms with van der Waals surface area (Å²) in [6, 6.07) is 12.6. The Hall–Kier alpha value is -1.57. The second-order valence-electron chi connectivity index (χ2n) is 5.46. The molecule has 25 heavy (non-hydrogen) atoms. The van der Waals surface area contributed by atoms with E-state index < -0.39 is 22.0 Å². The Morgan fingerprint density at radius 2 is 1.88 bits per heavy atom. The number of nitrogens with zero attached hydrogens (tertiary/aromatic N) is 1. The molecule has 0 saturated carbocycles. The number of hydrogen-bond donors (Lipinski definition) is 1. The van der Waals surface area contributed by atoms with E-state index in [0.29, 0.717) is 22.8 Å². The molecule has 0 fully saturated rings. The van der Waals surface area contributed by atoms with Crippen LogP contribution in [0.25, 0.3) is 0 Å². The number of halogens is 2. The van der Waals surface area contributed by atoms with Gasteiger partial charge >= 0.3 is 0 Å². The number of amides is 1. The van der Waals surface area contributed by atoms with Crippen LogP contribution in [0, 0.1) is 0 Å². The van der Waals surface area contributed by atoms with E-state index in [4.69, 9.17) is 11.6 Å².